The number of piperidine rings is 1. The highest BCUT2D eigenvalue weighted by molar-refractivity contribution is 7.99. The second-order valence-electron chi connectivity index (χ2n) is 5.66. The minimum atomic E-state index is 0.752. The van der Waals surface area contributed by atoms with Crippen molar-refractivity contribution in [3.05, 3.63) is 0 Å². The van der Waals surface area contributed by atoms with Gasteiger partial charge in [-0.25, -0.2) is 4.68 Å². The Hall–Kier alpha value is -0.660. The lowest BCUT2D eigenvalue weighted by Crippen LogP contribution is -2.31. The topological polar surface area (TPSA) is 58.9 Å². The number of hydrogen-bond acceptors (Lipinski definition) is 6. The number of hydrogen-bond donors (Lipinski definition) is 1. The molecule has 1 aromatic rings. The lowest BCUT2D eigenvalue weighted by molar-refractivity contribution is 0.242. The smallest absolute Gasteiger partial charge is 0.209 e. The van der Waals surface area contributed by atoms with E-state index in [1.807, 2.05) is 4.68 Å². The molecule has 20 heavy (non-hydrogen) atoms. The van der Waals surface area contributed by atoms with Crippen molar-refractivity contribution in [2.24, 2.45) is 0 Å². The number of likely N-dealkylation sites (tertiary alicyclic amines) is 1. The van der Waals surface area contributed by atoms with Crippen LogP contribution < -0.4 is 5.32 Å². The van der Waals surface area contributed by atoms with Crippen LogP contribution in [0.3, 0.4) is 0 Å². The van der Waals surface area contributed by atoms with E-state index in [9.17, 15) is 0 Å². The Balaban J connectivity index is 1.36. The molecule has 0 bridgehead atoms. The molecular weight excluding hydrogens is 272 g/mol. The molecule has 1 aliphatic carbocycles. The monoisotopic (exact) mass is 296 g/mol. The van der Waals surface area contributed by atoms with Crippen LogP contribution in [0.2, 0.25) is 0 Å². The normalized spacial score (nSPS) is 20.4. The van der Waals surface area contributed by atoms with Crippen LogP contribution in [-0.4, -0.2) is 63.1 Å². The van der Waals surface area contributed by atoms with Crippen LogP contribution in [0.25, 0.3) is 0 Å². The molecule has 0 radical (unpaired) electrons. The molecule has 7 heteroatoms. The summed E-state index contributed by atoms with van der Waals surface area (Å²) in [6.07, 6.45) is 6.76. The van der Waals surface area contributed by atoms with Crippen LogP contribution in [0, 0.1) is 0 Å². The van der Waals surface area contributed by atoms with Crippen LogP contribution in [0.4, 0.5) is 0 Å². The van der Waals surface area contributed by atoms with Gasteiger partial charge in [-0.15, -0.1) is 5.10 Å². The molecule has 1 saturated heterocycles. The predicted molar refractivity (Wildman–Crippen MR) is 79.9 cm³/mol. The minimum Gasteiger partial charge on any atom is -0.312 e. The van der Waals surface area contributed by atoms with Crippen molar-refractivity contribution in [3.8, 4) is 0 Å². The van der Waals surface area contributed by atoms with Crippen LogP contribution in [0.1, 0.15) is 32.1 Å². The van der Waals surface area contributed by atoms with E-state index in [-0.39, 0.29) is 0 Å². The molecule has 2 aliphatic rings. The van der Waals surface area contributed by atoms with E-state index in [1.54, 1.807) is 11.8 Å². The summed E-state index contributed by atoms with van der Waals surface area (Å²) < 4.78 is 1.93. The van der Waals surface area contributed by atoms with E-state index in [1.165, 1.54) is 45.2 Å². The van der Waals surface area contributed by atoms with E-state index in [0.717, 1.165) is 36.6 Å². The van der Waals surface area contributed by atoms with E-state index >= 15 is 0 Å². The summed E-state index contributed by atoms with van der Waals surface area (Å²) in [6, 6.07) is 0.752. The number of nitrogens with zero attached hydrogens (tertiary/aromatic N) is 5. The number of aromatic nitrogens is 4. The fourth-order valence-corrected chi connectivity index (χ4v) is 3.45. The molecule has 0 aromatic carbocycles. The first kappa shape index (κ1) is 14.3. The van der Waals surface area contributed by atoms with Gasteiger partial charge in [0.05, 0.1) is 6.54 Å². The lowest BCUT2D eigenvalue weighted by Gasteiger charge is -2.25. The van der Waals surface area contributed by atoms with E-state index in [0.29, 0.717) is 0 Å². The summed E-state index contributed by atoms with van der Waals surface area (Å²) in [5.41, 5.74) is 0. The molecular formula is C13H24N6S. The fraction of sp³-hybridized carbons (Fsp3) is 0.923. The van der Waals surface area contributed by atoms with Crippen molar-refractivity contribution in [2.45, 2.75) is 49.8 Å². The van der Waals surface area contributed by atoms with Gasteiger partial charge >= 0.3 is 0 Å². The third-order valence-corrected chi connectivity index (χ3v) is 4.86. The average Bonchev–Trinajstić information content (AvgIpc) is 3.20. The van der Waals surface area contributed by atoms with E-state index in [2.05, 4.69) is 25.7 Å². The van der Waals surface area contributed by atoms with Gasteiger partial charge in [0.2, 0.25) is 5.16 Å². The van der Waals surface area contributed by atoms with Crippen molar-refractivity contribution in [1.82, 2.24) is 30.4 Å². The molecule has 112 valence electrons. The third-order valence-electron chi connectivity index (χ3n) is 3.92. The summed E-state index contributed by atoms with van der Waals surface area (Å²) in [7, 11) is 0. The molecule has 1 aromatic heterocycles. The van der Waals surface area contributed by atoms with Crippen LogP contribution in [0.5, 0.6) is 0 Å². The number of thioether (sulfide) groups is 1. The van der Waals surface area contributed by atoms with Crippen molar-refractivity contribution >= 4 is 11.8 Å². The molecule has 0 unspecified atom stereocenters. The second kappa shape index (κ2) is 7.38. The van der Waals surface area contributed by atoms with Crippen LogP contribution in [-0.2, 0) is 6.54 Å². The van der Waals surface area contributed by atoms with Gasteiger partial charge in [0.1, 0.15) is 0 Å². The Morgan fingerprint density at radius 2 is 2.00 bits per heavy atom. The van der Waals surface area contributed by atoms with Gasteiger partial charge in [-0.05, 0) is 49.2 Å². The van der Waals surface area contributed by atoms with Gasteiger partial charge in [0.15, 0.2) is 0 Å². The zero-order chi connectivity index (χ0) is 13.6. The summed E-state index contributed by atoms with van der Waals surface area (Å²) >= 11 is 1.78. The first-order chi connectivity index (χ1) is 9.92. The fourth-order valence-electron chi connectivity index (χ4n) is 2.55. The summed E-state index contributed by atoms with van der Waals surface area (Å²) in [4.78, 5) is 2.55. The predicted octanol–water partition coefficient (Wildman–Crippen LogP) is 1.00. The molecule has 0 atom stereocenters. The highest BCUT2D eigenvalue weighted by Gasteiger charge is 2.20. The third kappa shape index (κ3) is 4.43. The standard InChI is InChI=1S/C13H24N6S/c1-2-7-18(8-3-1)10-11-20-13-15-16-17-19(13)9-6-14-12-4-5-12/h12,14H,1-11H2. The van der Waals surface area contributed by atoms with Crippen molar-refractivity contribution < 1.29 is 0 Å². The molecule has 1 aliphatic heterocycles. The molecule has 1 saturated carbocycles. The van der Waals surface area contributed by atoms with Crippen LogP contribution in [0.15, 0.2) is 5.16 Å². The Morgan fingerprint density at radius 1 is 1.15 bits per heavy atom. The zero-order valence-electron chi connectivity index (χ0n) is 12.0. The number of nitrogens with one attached hydrogen (secondary N) is 1. The molecule has 2 heterocycles. The molecule has 0 amide bonds. The van der Waals surface area contributed by atoms with Crippen LogP contribution >= 0.6 is 11.8 Å². The van der Waals surface area contributed by atoms with Gasteiger partial charge in [-0.1, -0.05) is 18.2 Å². The van der Waals surface area contributed by atoms with Gasteiger partial charge in [0, 0.05) is 24.9 Å². The maximum absolute atomic E-state index is 4.13. The molecule has 3 rings (SSSR count). The zero-order valence-corrected chi connectivity index (χ0v) is 12.8. The Morgan fingerprint density at radius 3 is 2.80 bits per heavy atom. The molecule has 2 fully saturated rings. The minimum absolute atomic E-state index is 0.752. The number of rotatable bonds is 8. The quantitative estimate of drug-likeness (QED) is 0.722. The maximum atomic E-state index is 4.13. The molecule has 6 nitrogen and oxygen atoms in total. The summed E-state index contributed by atoms with van der Waals surface area (Å²) in [6.45, 7) is 5.51. The maximum Gasteiger partial charge on any atom is 0.209 e. The lowest BCUT2D eigenvalue weighted by atomic mass is 10.1. The average molecular weight is 296 g/mol. The van der Waals surface area contributed by atoms with Gasteiger partial charge < -0.3 is 10.2 Å². The van der Waals surface area contributed by atoms with Gasteiger partial charge in [-0.3, -0.25) is 0 Å². The molecule has 1 N–H and O–H groups in total. The number of tetrazole rings is 1. The molecule has 0 spiro atoms. The highest BCUT2D eigenvalue weighted by atomic mass is 32.2. The first-order valence-electron chi connectivity index (χ1n) is 7.76. The first-order valence-corrected chi connectivity index (χ1v) is 8.75. The Bertz CT molecular complexity index is 399. The van der Waals surface area contributed by atoms with E-state index < -0.39 is 0 Å². The Labute approximate surface area is 124 Å². The van der Waals surface area contributed by atoms with Crippen molar-refractivity contribution in [2.75, 3.05) is 31.9 Å². The largest absolute Gasteiger partial charge is 0.312 e. The van der Waals surface area contributed by atoms with Gasteiger partial charge in [-0.2, -0.15) is 0 Å². The Kier molecular flexibility index (Phi) is 5.27. The van der Waals surface area contributed by atoms with E-state index in [4.69, 9.17) is 0 Å². The summed E-state index contributed by atoms with van der Waals surface area (Å²) in [5.74, 6) is 1.08. The highest BCUT2D eigenvalue weighted by Crippen LogP contribution is 2.18. The summed E-state index contributed by atoms with van der Waals surface area (Å²) in [5, 5.41) is 16.5. The second-order valence-corrected chi connectivity index (χ2v) is 6.73. The van der Waals surface area contributed by atoms with Gasteiger partial charge in [0.25, 0.3) is 0 Å². The SMILES string of the molecule is C1CCN(CCSc2nnnn2CCNC2CC2)CC1. The van der Waals surface area contributed by atoms with Crippen molar-refractivity contribution in [3.63, 3.8) is 0 Å². The van der Waals surface area contributed by atoms with Crippen molar-refractivity contribution in [1.29, 1.82) is 0 Å².